The molecule has 1 N–H and O–H groups in total. The highest BCUT2D eigenvalue weighted by Crippen LogP contribution is 2.29. The number of likely N-dealkylation sites (tertiary alicyclic amines) is 1. The van der Waals surface area contributed by atoms with Gasteiger partial charge in [-0.3, -0.25) is 14.3 Å². The number of hydrogen-bond donors (Lipinski definition) is 1. The molecule has 2 heterocycles. The Morgan fingerprint density at radius 2 is 2.22 bits per heavy atom. The molecule has 2 aliphatic rings. The number of ether oxygens (including phenoxy) is 1. The number of carbonyl (C=O) groups excluding carboxylic acids is 2. The molecule has 1 saturated heterocycles. The van der Waals surface area contributed by atoms with Gasteiger partial charge >= 0.3 is 0 Å². The Morgan fingerprint density at radius 3 is 2.91 bits per heavy atom. The Kier molecular flexibility index (Phi) is 4.66. The van der Waals surface area contributed by atoms with E-state index in [1.165, 1.54) is 19.8 Å². The fraction of sp³-hybridized carbons (Fsp3) is 0.688. The minimum absolute atomic E-state index is 0.0578. The molecule has 0 aromatic carbocycles. The van der Waals surface area contributed by atoms with Gasteiger partial charge in [-0.2, -0.15) is 5.10 Å². The molecule has 23 heavy (non-hydrogen) atoms. The second-order valence-electron chi connectivity index (χ2n) is 6.51. The summed E-state index contributed by atoms with van der Waals surface area (Å²) >= 11 is 0. The third-order valence-corrected chi connectivity index (χ3v) is 4.39. The molecule has 7 nitrogen and oxygen atoms in total. The number of carbonyl (C=O) groups is 2. The van der Waals surface area contributed by atoms with Crippen molar-refractivity contribution >= 4 is 17.6 Å². The molecule has 0 spiro atoms. The number of amides is 2. The predicted octanol–water partition coefficient (Wildman–Crippen LogP) is 1.43. The van der Waals surface area contributed by atoms with Crippen LogP contribution in [-0.2, 0) is 14.3 Å². The molecule has 2 atom stereocenters. The number of aromatic nitrogens is 2. The lowest BCUT2D eigenvalue weighted by atomic mass is 10.3. The monoisotopic (exact) mass is 320 g/mol. The van der Waals surface area contributed by atoms with E-state index in [4.69, 9.17) is 4.74 Å². The van der Waals surface area contributed by atoms with Crippen LogP contribution in [0.25, 0.3) is 0 Å². The second kappa shape index (κ2) is 6.70. The van der Waals surface area contributed by atoms with Gasteiger partial charge in [-0.25, -0.2) is 0 Å². The lowest BCUT2D eigenvalue weighted by Crippen LogP contribution is -2.38. The molecule has 1 aliphatic heterocycles. The third-order valence-electron chi connectivity index (χ3n) is 4.39. The molecule has 7 heteroatoms. The zero-order valence-corrected chi connectivity index (χ0v) is 13.7. The molecule has 2 fully saturated rings. The second-order valence-corrected chi connectivity index (χ2v) is 6.51. The van der Waals surface area contributed by atoms with Gasteiger partial charge in [0.15, 0.2) is 5.82 Å². The molecule has 0 bridgehead atoms. The highest BCUT2D eigenvalue weighted by atomic mass is 16.5. The van der Waals surface area contributed by atoms with Gasteiger partial charge in [-0.05, 0) is 32.1 Å². The standard InChI is InChI=1S/C16H24N4O3/c1-11(23-10-13-3-4-13)16(22)19-7-5-14(9-19)20-8-6-15(18-20)17-12(2)21/h6,8,11,13-14H,3-5,7,9-10H2,1-2H3,(H,17,18,21)/t11-,14-/m0/s1. The van der Waals surface area contributed by atoms with Crippen LogP contribution in [0.1, 0.15) is 39.2 Å². The van der Waals surface area contributed by atoms with Crippen LogP contribution in [-0.4, -0.2) is 52.3 Å². The quantitative estimate of drug-likeness (QED) is 0.860. The summed E-state index contributed by atoms with van der Waals surface area (Å²) in [4.78, 5) is 25.3. The number of anilines is 1. The van der Waals surface area contributed by atoms with Crippen molar-refractivity contribution in [2.75, 3.05) is 25.0 Å². The van der Waals surface area contributed by atoms with Crippen molar-refractivity contribution in [1.29, 1.82) is 0 Å². The van der Waals surface area contributed by atoms with Crippen molar-refractivity contribution in [3.63, 3.8) is 0 Å². The predicted molar refractivity (Wildman–Crippen MR) is 84.9 cm³/mol. The van der Waals surface area contributed by atoms with Crippen LogP contribution in [0, 0.1) is 5.92 Å². The maximum absolute atomic E-state index is 12.4. The summed E-state index contributed by atoms with van der Waals surface area (Å²) in [6.07, 6.45) is 4.78. The summed E-state index contributed by atoms with van der Waals surface area (Å²) in [6, 6.07) is 1.92. The Bertz CT molecular complexity index is 582. The number of hydrogen-bond acceptors (Lipinski definition) is 4. The van der Waals surface area contributed by atoms with Crippen LogP contribution in [0.4, 0.5) is 5.82 Å². The normalized spacial score (nSPS) is 22.2. The summed E-state index contributed by atoms with van der Waals surface area (Å²) in [5.41, 5.74) is 0. The van der Waals surface area contributed by atoms with Crippen molar-refractivity contribution in [2.24, 2.45) is 5.92 Å². The molecule has 1 saturated carbocycles. The number of nitrogens with one attached hydrogen (secondary N) is 1. The fourth-order valence-corrected chi connectivity index (χ4v) is 2.84. The van der Waals surface area contributed by atoms with E-state index in [0.29, 0.717) is 24.9 Å². The zero-order valence-electron chi connectivity index (χ0n) is 13.7. The van der Waals surface area contributed by atoms with Crippen molar-refractivity contribution in [1.82, 2.24) is 14.7 Å². The van der Waals surface area contributed by atoms with Gasteiger partial charge in [-0.1, -0.05) is 0 Å². The first-order chi connectivity index (χ1) is 11.0. The van der Waals surface area contributed by atoms with Gasteiger partial charge in [0.25, 0.3) is 5.91 Å². The van der Waals surface area contributed by atoms with Gasteiger partial charge in [0.1, 0.15) is 6.10 Å². The molecule has 1 aromatic heterocycles. The van der Waals surface area contributed by atoms with Crippen molar-refractivity contribution < 1.29 is 14.3 Å². The summed E-state index contributed by atoms with van der Waals surface area (Å²) in [7, 11) is 0. The average Bonchev–Trinajstić information content (AvgIpc) is 3.01. The van der Waals surface area contributed by atoms with E-state index in [0.717, 1.165) is 13.0 Å². The molecule has 0 unspecified atom stereocenters. The van der Waals surface area contributed by atoms with Gasteiger partial charge < -0.3 is 15.0 Å². The summed E-state index contributed by atoms with van der Waals surface area (Å²) < 4.78 is 7.50. The van der Waals surface area contributed by atoms with Crippen LogP contribution < -0.4 is 5.32 Å². The van der Waals surface area contributed by atoms with Crippen molar-refractivity contribution in [3.05, 3.63) is 12.3 Å². The zero-order chi connectivity index (χ0) is 16.4. The maximum Gasteiger partial charge on any atom is 0.251 e. The average molecular weight is 320 g/mol. The van der Waals surface area contributed by atoms with E-state index in [-0.39, 0.29) is 24.0 Å². The van der Waals surface area contributed by atoms with Crippen LogP contribution in [0.3, 0.4) is 0 Å². The van der Waals surface area contributed by atoms with E-state index in [2.05, 4.69) is 10.4 Å². The maximum atomic E-state index is 12.4. The lowest BCUT2D eigenvalue weighted by molar-refractivity contribution is -0.141. The van der Waals surface area contributed by atoms with Crippen molar-refractivity contribution in [2.45, 2.75) is 45.3 Å². The Labute approximate surface area is 136 Å². The first-order valence-corrected chi connectivity index (χ1v) is 8.26. The van der Waals surface area contributed by atoms with Gasteiger partial charge in [0.2, 0.25) is 5.91 Å². The summed E-state index contributed by atoms with van der Waals surface area (Å²) in [6.45, 7) is 5.34. The fourth-order valence-electron chi connectivity index (χ4n) is 2.84. The van der Waals surface area contributed by atoms with Gasteiger partial charge in [0, 0.05) is 32.3 Å². The molecule has 126 valence electrons. The SMILES string of the molecule is CC(=O)Nc1ccn([C@H]2CCN(C(=O)[C@H](C)OCC3CC3)C2)n1. The number of nitrogens with zero attached hydrogens (tertiary/aromatic N) is 3. The number of rotatable bonds is 6. The topological polar surface area (TPSA) is 76.5 Å². The van der Waals surface area contributed by atoms with Crippen LogP contribution in [0.2, 0.25) is 0 Å². The van der Waals surface area contributed by atoms with Crippen LogP contribution >= 0.6 is 0 Å². The van der Waals surface area contributed by atoms with Crippen LogP contribution in [0.15, 0.2) is 12.3 Å². The minimum atomic E-state index is -0.373. The van der Waals surface area contributed by atoms with Gasteiger partial charge in [0.05, 0.1) is 12.6 Å². The van der Waals surface area contributed by atoms with E-state index < -0.39 is 0 Å². The Morgan fingerprint density at radius 1 is 1.43 bits per heavy atom. The molecule has 3 rings (SSSR count). The largest absolute Gasteiger partial charge is 0.368 e. The molecule has 1 aromatic rings. The van der Waals surface area contributed by atoms with E-state index in [1.54, 1.807) is 6.07 Å². The molecular formula is C16H24N4O3. The lowest BCUT2D eigenvalue weighted by Gasteiger charge is -2.21. The minimum Gasteiger partial charge on any atom is -0.368 e. The van der Waals surface area contributed by atoms with E-state index in [9.17, 15) is 9.59 Å². The summed E-state index contributed by atoms with van der Waals surface area (Å²) in [5, 5.41) is 7.02. The highest BCUT2D eigenvalue weighted by molar-refractivity contribution is 5.87. The molecular weight excluding hydrogens is 296 g/mol. The van der Waals surface area contributed by atoms with E-state index >= 15 is 0 Å². The first-order valence-electron chi connectivity index (χ1n) is 8.26. The summed E-state index contributed by atoms with van der Waals surface area (Å²) in [5.74, 6) is 1.12. The van der Waals surface area contributed by atoms with Crippen LogP contribution in [0.5, 0.6) is 0 Å². The molecule has 2 amide bonds. The van der Waals surface area contributed by atoms with E-state index in [1.807, 2.05) is 22.7 Å². The molecule has 0 radical (unpaired) electrons. The highest BCUT2D eigenvalue weighted by Gasteiger charge is 2.31. The third kappa shape index (κ3) is 4.10. The molecule has 1 aliphatic carbocycles. The first kappa shape index (κ1) is 16.0. The van der Waals surface area contributed by atoms with Crippen molar-refractivity contribution in [3.8, 4) is 0 Å². The Hall–Kier alpha value is -1.89. The van der Waals surface area contributed by atoms with Gasteiger partial charge in [-0.15, -0.1) is 0 Å². The Balaban J connectivity index is 1.51. The smallest absolute Gasteiger partial charge is 0.251 e.